The number of nitrogens with zero attached hydrogens (tertiary/aromatic N) is 2. The number of aromatic amines is 1. The minimum absolute atomic E-state index is 0.00190. The van der Waals surface area contributed by atoms with Gasteiger partial charge in [0.2, 0.25) is 0 Å². The van der Waals surface area contributed by atoms with Crippen LogP contribution in [0, 0.1) is 5.92 Å². The van der Waals surface area contributed by atoms with Gasteiger partial charge in [-0.05, 0) is 18.9 Å². The third-order valence-electron chi connectivity index (χ3n) is 4.62. The summed E-state index contributed by atoms with van der Waals surface area (Å²) < 4.78 is 1.96. The van der Waals surface area contributed by atoms with E-state index in [0.717, 1.165) is 23.0 Å². The molecule has 2 heterocycles. The summed E-state index contributed by atoms with van der Waals surface area (Å²) in [6.07, 6.45) is 3.99. The molecule has 5 heteroatoms. The highest BCUT2D eigenvalue weighted by molar-refractivity contribution is 6.09. The Labute approximate surface area is 127 Å². The Balaban J connectivity index is 1.75. The molecule has 0 radical (unpaired) electrons. The minimum Gasteiger partial charge on any atom is -0.386 e. The number of hydrogen-bond acceptors (Lipinski definition) is 3. The van der Waals surface area contributed by atoms with E-state index in [2.05, 4.69) is 9.97 Å². The number of carbonyl (C=O) groups excluding carboxylic acids is 1. The fraction of sp³-hybridized carbons (Fsp3) is 0.294. The van der Waals surface area contributed by atoms with Crippen molar-refractivity contribution in [3.05, 3.63) is 53.7 Å². The summed E-state index contributed by atoms with van der Waals surface area (Å²) in [7, 11) is 1.93. The number of aromatic nitrogens is 3. The molecule has 0 fully saturated rings. The average Bonchev–Trinajstić information content (AvgIpc) is 3.13. The van der Waals surface area contributed by atoms with E-state index < -0.39 is 12.0 Å². The first-order valence-electron chi connectivity index (χ1n) is 7.45. The number of aliphatic hydroxyl groups excluding tert-OH is 1. The fourth-order valence-electron chi connectivity index (χ4n) is 3.45. The maximum atomic E-state index is 13.0. The van der Waals surface area contributed by atoms with Gasteiger partial charge >= 0.3 is 0 Å². The van der Waals surface area contributed by atoms with Crippen LogP contribution in [0.25, 0.3) is 10.9 Å². The number of aliphatic hydroxyl groups is 1. The SMILES string of the molecule is Cn1cc(C(=O)C2CCc3[nH]cnc3C2O)c2ccccc21. The summed E-state index contributed by atoms with van der Waals surface area (Å²) >= 11 is 0. The van der Waals surface area contributed by atoms with Crippen molar-refractivity contribution in [3.63, 3.8) is 0 Å². The van der Waals surface area contributed by atoms with Gasteiger partial charge in [-0.1, -0.05) is 18.2 Å². The molecule has 1 aromatic carbocycles. The first-order chi connectivity index (χ1) is 10.7. The molecule has 0 bridgehead atoms. The van der Waals surface area contributed by atoms with E-state index in [-0.39, 0.29) is 5.78 Å². The molecule has 2 N–H and O–H groups in total. The first kappa shape index (κ1) is 13.3. The zero-order chi connectivity index (χ0) is 15.3. The van der Waals surface area contributed by atoms with Crippen molar-refractivity contribution in [2.24, 2.45) is 13.0 Å². The standard InChI is InChI=1S/C17H17N3O2/c1-20-8-12(10-4-2-3-5-14(10)20)16(21)11-6-7-13-15(17(11)22)19-9-18-13/h2-5,8-9,11,17,22H,6-7H2,1H3,(H,18,19). The van der Waals surface area contributed by atoms with Gasteiger partial charge in [-0.3, -0.25) is 4.79 Å². The quantitative estimate of drug-likeness (QED) is 0.713. The normalized spacial score (nSPS) is 21.0. The Kier molecular flexibility index (Phi) is 2.90. The number of ketones is 1. The van der Waals surface area contributed by atoms with Crippen LogP contribution in [0.15, 0.2) is 36.8 Å². The van der Waals surface area contributed by atoms with Gasteiger partial charge in [-0.25, -0.2) is 4.98 Å². The number of Topliss-reactive ketones (excluding diaryl/α,β-unsaturated/α-hetero) is 1. The second-order valence-corrected chi connectivity index (χ2v) is 5.89. The molecule has 1 aliphatic rings. The van der Waals surface area contributed by atoms with Gasteiger partial charge in [-0.15, -0.1) is 0 Å². The van der Waals surface area contributed by atoms with E-state index in [4.69, 9.17) is 0 Å². The van der Waals surface area contributed by atoms with Crippen LogP contribution in [-0.2, 0) is 13.5 Å². The van der Waals surface area contributed by atoms with Gasteiger partial charge < -0.3 is 14.7 Å². The van der Waals surface area contributed by atoms with Crippen LogP contribution in [0.2, 0.25) is 0 Å². The van der Waals surface area contributed by atoms with Crippen LogP contribution in [0.1, 0.15) is 34.3 Å². The molecule has 2 unspecified atom stereocenters. The van der Waals surface area contributed by atoms with Crippen molar-refractivity contribution >= 4 is 16.7 Å². The first-order valence-corrected chi connectivity index (χ1v) is 7.45. The molecule has 3 aromatic rings. The molecule has 5 nitrogen and oxygen atoms in total. The molecule has 0 amide bonds. The Morgan fingerprint density at radius 2 is 2.23 bits per heavy atom. The Bertz CT molecular complexity index is 862. The molecule has 0 saturated carbocycles. The molecule has 1 aliphatic carbocycles. The Morgan fingerprint density at radius 3 is 3.09 bits per heavy atom. The summed E-state index contributed by atoms with van der Waals surface area (Å²) in [5.74, 6) is -0.431. The smallest absolute Gasteiger partial charge is 0.171 e. The summed E-state index contributed by atoms with van der Waals surface area (Å²) in [5.41, 5.74) is 3.26. The number of imidazole rings is 1. The van der Waals surface area contributed by atoms with Gasteiger partial charge in [0.15, 0.2) is 5.78 Å². The van der Waals surface area contributed by atoms with Crippen molar-refractivity contribution in [2.45, 2.75) is 18.9 Å². The molecule has 0 spiro atoms. The van der Waals surface area contributed by atoms with Crippen LogP contribution in [0.4, 0.5) is 0 Å². The van der Waals surface area contributed by atoms with E-state index in [1.165, 1.54) is 0 Å². The third-order valence-corrected chi connectivity index (χ3v) is 4.62. The maximum absolute atomic E-state index is 13.0. The number of rotatable bonds is 2. The molecule has 22 heavy (non-hydrogen) atoms. The van der Waals surface area contributed by atoms with Crippen LogP contribution in [0.5, 0.6) is 0 Å². The molecular weight excluding hydrogens is 278 g/mol. The van der Waals surface area contributed by atoms with E-state index in [1.54, 1.807) is 6.33 Å². The van der Waals surface area contributed by atoms with Crippen LogP contribution in [0.3, 0.4) is 0 Å². The molecule has 4 rings (SSSR count). The number of carbonyl (C=O) groups is 1. The van der Waals surface area contributed by atoms with Crippen LogP contribution < -0.4 is 0 Å². The molecule has 112 valence electrons. The monoisotopic (exact) mass is 295 g/mol. The zero-order valence-corrected chi connectivity index (χ0v) is 12.3. The Hall–Kier alpha value is -2.40. The summed E-state index contributed by atoms with van der Waals surface area (Å²) in [4.78, 5) is 20.2. The largest absolute Gasteiger partial charge is 0.386 e. The number of fused-ring (bicyclic) bond motifs is 2. The summed E-state index contributed by atoms with van der Waals surface area (Å²) in [5, 5.41) is 11.5. The molecule has 2 aromatic heterocycles. The predicted octanol–water partition coefficient (Wildman–Crippen LogP) is 2.38. The summed E-state index contributed by atoms with van der Waals surface area (Å²) in [6.45, 7) is 0. The fourth-order valence-corrected chi connectivity index (χ4v) is 3.45. The van der Waals surface area contributed by atoms with Crippen molar-refractivity contribution in [1.82, 2.24) is 14.5 Å². The van der Waals surface area contributed by atoms with Crippen molar-refractivity contribution in [2.75, 3.05) is 0 Å². The van der Waals surface area contributed by atoms with E-state index in [1.807, 2.05) is 42.1 Å². The third kappa shape index (κ3) is 1.82. The van der Waals surface area contributed by atoms with Gasteiger partial charge in [0.25, 0.3) is 0 Å². The lowest BCUT2D eigenvalue weighted by Gasteiger charge is -2.25. The second-order valence-electron chi connectivity index (χ2n) is 5.89. The number of H-pyrrole nitrogens is 1. The highest BCUT2D eigenvalue weighted by Crippen LogP contribution is 2.36. The molecule has 0 saturated heterocycles. The number of nitrogens with one attached hydrogen (secondary N) is 1. The number of hydrogen-bond donors (Lipinski definition) is 2. The van der Waals surface area contributed by atoms with Gasteiger partial charge in [-0.2, -0.15) is 0 Å². The van der Waals surface area contributed by atoms with Crippen molar-refractivity contribution < 1.29 is 9.90 Å². The maximum Gasteiger partial charge on any atom is 0.171 e. The Morgan fingerprint density at radius 1 is 1.41 bits per heavy atom. The predicted molar refractivity (Wildman–Crippen MR) is 82.6 cm³/mol. The summed E-state index contributed by atoms with van der Waals surface area (Å²) in [6, 6.07) is 7.84. The lowest BCUT2D eigenvalue weighted by molar-refractivity contribution is 0.0610. The highest BCUT2D eigenvalue weighted by atomic mass is 16.3. The van der Waals surface area contributed by atoms with Crippen LogP contribution in [-0.4, -0.2) is 25.4 Å². The van der Waals surface area contributed by atoms with Crippen molar-refractivity contribution in [3.8, 4) is 0 Å². The lowest BCUT2D eigenvalue weighted by atomic mass is 9.82. The van der Waals surface area contributed by atoms with E-state index in [0.29, 0.717) is 17.7 Å². The highest BCUT2D eigenvalue weighted by Gasteiger charge is 2.36. The molecule has 2 atom stereocenters. The van der Waals surface area contributed by atoms with Gasteiger partial charge in [0.05, 0.1) is 17.9 Å². The molecular formula is C17H17N3O2. The van der Waals surface area contributed by atoms with Gasteiger partial charge in [0, 0.05) is 35.4 Å². The minimum atomic E-state index is -0.832. The second kappa shape index (κ2) is 4.81. The average molecular weight is 295 g/mol. The van der Waals surface area contributed by atoms with Crippen LogP contribution >= 0.6 is 0 Å². The lowest BCUT2D eigenvalue weighted by Crippen LogP contribution is -2.27. The van der Waals surface area contributed by atoms with E-state index in [9.17, 15) is 9.90 Å². The van der Waals surface area contributed by atoms with Gasteiger partial charge in [0.1, 0.15) is 6.10 Å². The van der Waals surface area contributed by atoms with Crippen molar-refractivity contribution in [1.29, 1.82) is 0 Å². The molecule has 0 aliphatic heterocycles. The topological polar surface area (TPSA) is 70.9 Å². The number of para-hydroxylation sites is 1. The van der Waals surface area contributed by atoms with E-state index >= 15 is 0 Å². The zero-order valence-electron chi connectivity index (χ0n) is 12.3. The number of aryl methyl sites for hydroxylation is 2. The number of benzene rings is 1.